The van der Waals surface area contributed by atoms with Gasteiger partial charge in [0.05, 0.1) is 11.5 Å². The molecule has 0 bridgehead atoms. The molecule has 1 N–H and O–H groups in total. The number of carbonyl (C=O) groups excluding carboxylic acids is 2. The highest BCUT2D eigenvalue weighted by Gasteiger charge is 2.50. The number of fused-ring (bicyclic) bond motifs is 1. The van der Waals surface area contributed by atoms with Crippen molar-refractivity contribution < 1.29 is 14.7 Å². The van der Waals surface area contributed by atoms with Gasteiger partial charge >= 0.3 is 0 Å². The number of unbranched alkanes of at least 4 members (excludes halogenated alkanes) is 5. The predicted octanol–water partition coefficient (Wildman–Crippen LogP) is 11.5. The van der Waals surface area contributed by atoms with Crippen LogP contribution in [0.15, 0.2) is 40.6 Å². The molecule has 7 atom stereocenters. The van der Waals surface area contributed by atoms with Crippen LogP contribution in [0.1, 0.15) is 166 Å². The van der Waals surface area contributed by atoms with Gasteiger partial charge in [0.25, 0.3) is 0 Å². The van der Waals surface area contributed by atoms with E-state index in [1.54, 1.807) is 19.9 Å². The Morgan fingerprint density at radius 1 is 1.00 bits per heavy atom. The molecule has 5 heteroatoms. The van der Waals surface area contributed by atoms with Crippen molar-refractivity contribution >= 4 is 11.6 Å². The number of Topliss-reactive ketones (excluding diaryl/α,β-unsaturated/α-hetero) is 1. The lowest BCUT2D eigenvalue weighted by Gasteiger charge is -2.44. The Hall–Kier alpha value is -1.88. The predicted molar refractivity (Wildman–Crippen MR) is 196 cm³/mol. The van der Waals surface area contributed by atoms with Gasteiger partial charge in [-0.2, -0.15) is 4.91 Å². The first-order valence-corrected chi connectivity index (χ1v) is 19.0. The summed E-state index contributed by atoms with van der Waals surface area (Å²) in [7, 11) is 0. The van der Waals surface area contributed by atoms with Crippen LogP contribution in [-0.4, -0.2) is 28.8 Å². The average molecular weight is 642 g/mol. The Bertz CT molecular complexity index is 1020. The minimum atomic E-state index is -0.957. The number of carbonyl (C=O) groups is 2. The lowest BCUT2D eigenvalue weighted by atomic mass is 9.61. The minimum Gasteiger partial charge on any atom is -0.392 e. The second-order valence-corrected chi connectivity index (χ2v) is 15.0. The van der Waals surface area contributed by atoms with E-state index in [0.29, 0.717) is 31.1 Å². The summed E-state index contributed by atoms with van der Waals surface area (Å²) in [6, 6.07) is -0.345. The van der Waals surface area contributed by atoms with Crippen LogP contribution in [0.5, 0.6) is 0 Å². The summed E-state index contributed by atoms with van der Waals surface area (Å²) in [6.07, 6.45) is 23.5. The average Bonchev–Trinajstić information content (AvgIpc) is 3.41. The molecule has 3 saturated carbocycles. The number of aliphatic hydroxyl groups is 1. The third-order valence-electron chi connectivity index (χ3n) is 11.3. The topological polar surface area (TPSA) is 83.8 Å². The molecule has 5 nitrogen and oxygen atoms in total. The Morgan fingerprint density at radius 2 is 1.65 bits per heavy atom. The van der Waals surface area contributed by atoms with Crippen molar-refractivity contribution in [1.29, 1.82) is 0 Å². The maximum absolute atomic E-state index is 13.1. The zero-order valence-electron chi connectivity index (χ0n) is 31.5. The number of nitrogens with zero attached hydrogens (tertiary/aromatic N) is 1. The van der Waals surface area contributed by atoms with Gasteiger partial charge in [-0.1, -0.05) is 128 Å². The Kier molecular flexibility index (Phi) is 19.4. The van der Waals surface area contributed by atoms with E-state index in [2.05, 4.69) is 58.0 Å². The van der Waals surface area contributed by atoms with Crippen molar-refractivity contribution in [2.24, 2.45) is 39.7 Å². The highest BCUT2D eigenvalue weighted by atomic mass is 16.3. The van der Waals surface area contributed by atoms with Gasteiger partial charge < -0.3 is 5.11 Å². The van der Waals surface area contributed by atoms with Crippen molar-refractivity contribution in [3.05, 3.63) is 40.4 Å². The van der Waals surface area contributed by atoms with E-state index in [-0.39, 0.29) is 34.9 Å². The van der Waals surface area contributed by atoms with Gasteiger partial charge in [-0.3, -0.25) is 9.59 Å². The lowest BCUT2D eigenvalue weighted by Crippen LogP contribution is -2.36. The fraction of sp³-hybridized carbons (Fsp3) is 0.805. The van der Waals surface area contributed by atoms with Crippen molar-refractivity contribution in [3.63, 3.8) is 0 Å². The number of nitroso groups, excluding NO2 is 1. The first-order valence-electron chi connectivity index (χ1n) is 19.0. The number of aliphatic hydroxyl groups excluding tert-OH is 1. The number of hydrogen-bond acceptors (Lipinski definition) is 5. The number of allylic oxidation sites excluding steroid dienone is 5. The molecular formula is C41H71NO4. The van der Waals surface area contributed by atoms with E-state index in [0.717, 1.165) is 56.9 Å². The minimum absolute atomic E-state index is 0.0557. The molecule has 46 heavy (non-hydrogen) atoms. The van der Waals surface area contributed by atoms with Crippen molar-refractivity contribution in [2.45, 2.75) is 178 Å². The fourth-order valence-corrected chi connectivity index (χ4v) is 7.98. The highest BCUT2D eigenvalue weighted by Crippen LogP contribution is 2.59. The van der Waals surface area contributed by atoms with E-state index in [4.69, 9.17) is 0 Å². The third kappa shape index (κ3) is 11.7. The van der Waals surface area contributed by atoms with Crippen molar-refractivity contribution in [2.75, 3.05) is 0 Å². The summed E-state index contributed by atoms with van der Waals surface area (Å²) in [6.45, 7) is 20.7. The molecule has 0 amide bonds. The van der Waals surface area contributed by atoms with E-state index in [1.165, 1.54) is 31.3 Å². The molecule has 0 aliphatic heterocycles. The number of ketones is 2. The molecule has 264 valence electrons. The van der Waals surface area contributed by atoms with Gasteiger partial charge in [-0.15, -0.1) is 0 Å². The maximum atomic E-state index is 13.1. The van der Waals surface area contributed by atoms with E-state index < -0.39 is 11.5 Å². The smallest absolute Gasteiger partial charge is 0.168 e. The molecule has 0 aromatic carbocycles. The molecule has 2 unspecified atom stereocenters. The first-order chi connectivity index (χ1) is 21.9. The normalized spacial score (nSPS) is 30.2. The van der Waals surface area contributed by atoms with Crippen LogP contribution in [0, 0.1) is 39.4 Å². The number of hydrogen-bond donors (Lipinski definition) is 1. The summed E-state index contributed by atoms with van der Waals surface area (Å²) < 4.78 is 0. The van der Waals surface area contributed by atoms with Gasteiger partial charge in [0.1, 0.15) is 11.8 Å². The summed E-state index contributed by atoms with van der Waals surface area (Å²) in [4.78, 5) is 37.1. The maximum Gasteiger partial charge on any atom is 0.168 e. The Balaban J connectivity index is 0.00000137. The van der Waals surface area contributed by atoms with Crippen LogP contribution >= 0.6 is 0 Å². The van der Waals surface area contributed by atoms with E-state index in [9.17, 15) is 19.6 Å². The van der Waals surface area contributed by atoms with Gasteiger partial charge in [0, 0.05) is 12.3 Å². The van der Waals surface area contributed by atoms with Gasteiger partial charge in [-0.05, 0) is 94.5 Å². The van der Waals surface area contributed by atoms with Crippen LogP contribution < -0.4 is 0 Å². The Morgan fingerprint density at radius 3 is 2.24 bits per heavy atom. The summed E-state index contributed by atoms with van der Waals surface area (Å²) in [5, 5.41) is 13.7. The molecule has 3 fully saturated rings. The third-order valence-corrected chi connectivity index (χ3v) is 11.3. The molecule has 0 spiro atoms. The van der Waals surface area contributed by atoms with E-state index in [1.807, 2.05) is 20.8 Å². The summed E-state index contributed by atoms with van der Waals surface area (Å²) in [5.74, 6) is 1.19. The first kappa shape index (κ1) is 42.1. The van der Waals surface area contributed by atoms with Crippen LogP contribution in [0.25, 0.3) is 0 Å². The van der Waals surface area contributed by atoms with E-state index >= 15 is 0 Å². The van der Waals surface area contributed by atoms with Crippen LogP contribution in [0.3, 0.4) is 0 Å². The van der Waals surface area contributed by atoms with Gasteiger partial charge in [0.15, 0.2) is 5.78 Å². The molecule has 0 saturated heterocycles. The second kappa shape index (κ2) is 21.2. The van der Waals surface area contributed by atoms with Gasteiger partial charge in [-0.25, -0.2) is 0 Å². The molecule has 0 radical (unpaired) electrons. The molecule has 0 aromatic heterocycles. The molecular weight excluding hydrogens is 570 g/mol. The summed E-state index contributed by atoms with van der Waals surface area (Å²) >= 11 is 0. The summed E-state index contributed by atoms with van der Waals surface area (Å²) in [5.41, 5.74) is 1.84. The fourth-order valence-electron chi connectivity index (χ4n) is 7.98. The molecule has 0 aromatic rings. The highest BCUT2D eigenvalue weighted by molar-refractivity contribution is 6.10. The zero-order chi connectivity index (χ0) is 34.9. The second-order valence-electron chi connectivity index (χ2n) is 15.0. The zero-order valence-corrected chi connectivity index (χ0v) is 31.5. The Labute approximate surface area is 283 Å². The molecule has 3 aliphatic rings. The quantitative estimate of drug-likeness (QED) is 0.0885. The van der Waals surface area contributed by atoms with Crippen LogP contribution in [0.4, 0.5) is 0 Å². The lowest BCUT2D eigenvalue weighted by molar-refractivity contribution is -0.136. The largest absolute Gasteiger partial charge is 0.392 e. The van der Waals surface area contributed by atoms with Crippen LogP contribution in [0.2, 0.25) is 0 Å². The standard InChI is InChI=1S/C34H53NO4.C5H12.C2H6/c1-7-8-9-10-13-31(37)33(4,5)32(38)19-14-23(2)27-17-18-28-26(12-11-20-34(27,28)6)16-15-25-21-29(35-39)24(3)30(36)22-25;1-3-5-4-2;1-2/h14-16,19,23-24,27-30,36H,7-13,17-18,20-22H2,1-6H3;3-5H2,1-2H3;1-2H3/b19-14+,25-15-,26-16+;;/t23-,24?,27-,28+,29-,30?,34-;;/m1../s1. The number of rotatable bonds is 14. The molecule has 3 rings (SSSR count). The molecule has 0 heterocycles. The van der Waals surface area contributed by atoms with Crippen molar-refractivity contribution in [1.82, 2.24) is 0 Å². The van der Waals surface area contributed by atoms with Crippen LogP contribution in [-0.2, 0) is 9.59 Å². The monoisotopic (exact) mass is 642 g/mol. The molecule has 3 aliphatic carbocycles. The van der Waals surface area contributed by atoms with Gasteiger partial charge in [0.2, 0.25) is 0 Å². The SMILES string of the molecule is CC.CCCCC.CCCCCCC(=O)C(C)(C)C(=O)/C=C/[C@@H](C)[C@H]1CC[C@H]2/C(=C/C=C3\CC(O)C(C)[C@H](N=O)C3)CCC[C@]12C. The van der Waals surface area contributed by atoms with Crippen molar-refractivity contribution in [3.8, 4) is 0 Å².